The van der Waals surface area contributed by atoms with Gasteiger partial charge in [-0.2, -0.15) is 0 Å². The fraction of sp³-hybridized carbons (Fsp3) is 0.571. The van der Waals surface area contributed by atoms with Crippen molar-refractivity contribution in [2.45, 2.75) is 0 Å². The summed E-state index contributed by atoms with van der Waals surface area (Å²) in [6.45, 7) is 2.10. The molecule has 0 aromatic carbocycles. The van der Waals surface area contributed by atoms with Crippen LogP contribution in [0.25, 0.3) is 0 Å². The number of hydrogen-bond acceptors (Lipinski definition) is 3. The largest absolute Gasteiger partial charge is 0.498 e. The van der Waals surface area contributed by atoms with Gasteiger partial charge in [0.05, 0.1) is 12.8 Å². The monoisotopic (exact) mass is 171 g/mol. The molecule has 1 rings (SSSR count). The van der Waals surface area contributed by atoms with Gasteiger partial charge < -0.3 is 15.8 Å². The average molecular weight is 171 g/mol. The highest BCUT2D eigenvalue weighted by Crippen LogP contribution is 1.97. The molecule has 0 spiro atoms. The van der Waals surface area contributed by atoms with Gasteiger partial charge in [0.2, 0.25) is 0 Å². The minimum Gasteiger partial charge on any atom is -0.498 e. The van der Waals surface area contributed by atoms with Crippen molar-refractivity contribution in [3.63, 3.8) is 0 Å². The molecule has 0 fully saturated rings. The highest BCUT2D eigenvalue weighted by Gasteiger charge is 2.11. The molecule has 0 aromatic heterocycles. The van der Waals surface area contributed by atoms with Gasteiger partial charge in [-0.15, -0.1) is 0 Å². The lowest BCUT2D eigenvalue weighted by molar-refractivity contribution is 0.167. The second kappa shape index (κ2) is 4.61. The molecular formula is C7H13N3O2. The number of nitrogens with zero attached hydrogens (tertiary/aromatic N) is 1. The van der Waals surface area contributed by atoms with Gasteiger partial charge in [0.15, 0.2) is 0 Å². The smallest absolute Gasteiger partial charge is 0.321 e. The number of amides is 2. The third kappa shape index (κ3) is 2.43. The number of hydrogen-bond donors (Lipinski definition) is 2. The Balaban J connectivity index is 2.30. The van der Waals surface area contributed by atoms with Crippen LogP contribution in [0.5, 0.6) is 0 Å². The maximum atomic E-state index is 11.2. The molecule has 2 amide bonds. The topological polar surface area (TPSA) is 67.6 Å². The normalized spacial score (nSPS) is 15.6. The Morgan fingerprint density at radius 1 is 1.75 bits per heavy atom. The molecule has 5 nitrogen and oxygen atoms in total. The van der Waals surface area contributed by atoms with Crippen molar-refractivity contribution in [1.82, 2.24) is 10.2 Å². The SMILES string of the molecule is NCCNC(=O)N1C=COCC1. The fourth-order valence-corrected chi connectivity index (χ4v) is 0.860. The van der Waals surface area contributed by atoms with Crippen LogP contribution < -0.4 is 11.1 Å². The third-order valence-corrected chi connectivity index (χ3v) is 1.47. The Labute approximate surface area is 71.2 Å². The molecule has 0 saturated carbocycles. The van der Waals surface area contributed by atoms with Gasteiger partial charge in [0.1, 0.15) is 6.61 Å². The van der Waals surface area contributed by atoms with E-state index in [1.807, 2.05) is 0 Å². The van der Waals surface area contributed by atoms with E-state index in [0.29, 0.717) is 26.2 Å². The highest BCUT2D eigenvalue weighted by atomic mass is 16.5. The number of urea groups is 1. The first-order valence-corrected chi connectivity index (χ1v) is 3.87. The molecule has 1 heterocycles. The summed E-state index contributed by atoms with van der Waals surface area (Å²) in [5.41, 5.74) is 5.23. The third-order valence-electron chi connectivity index (χ3n) is 1.47. The van der Waals surface area contributed by atoms with Crippen LogP contribution in [0.1, 0.15) is 0 Å². The van der Waals surface area contributed by atoms with E-state index in [-0.39, 0.29) is 6.03 Å². The van der Waals surface area contributed by atoms with Crippen LogP contribution in [-0.4, -0.2) is 37.2 Å². The van der Waals surface area contributed by atoms with Crippen LogP contribution in [-0.2, 0) is 4.74 Å². The molecule has 0 atom stereocenters. The second-order valence-electron chi connectivity index (χ2n) is 2.37. The summed E-state index contributed by atoms with van der Waals surface area (Å²) < 4.78 is 4.93. The molecule has 5 heteroatoms. The maximum absolute atomic E-state index is 11.2. The summed E-state index contributed by atoms with van der Waals surface area (Å²) in [5.74, 6) is 0. The average Bonchev–Trinajstić information content (AvgIpc) is 2.15. The van der Waals surface area contributed by atoms with Crippen LogP contribution in [0.2, 0.25) is 0 Å². The lowest BCUT2D eigenvalue weighted by atomic mass is 10.5. The standard InChI is InChI=1S/C7H13N3O2/c8-1-2-9-7(11)10-3-5-12-6-4-10/h3,5H,1-2,4,6,8H2,(H,9,11). The number of rotatable bonds is 2. The molecule has 0 saturated heterocycles. The van der Waals surface area contributed by atoms with Crippen molar-refractivity contribution in [3.8, 4) is 0 Å². The van der Waals surface area contributed by atoms with Crippen LogP contribution in [0.4, 0.5) is 4.79 Å². The summed E-state index contributed by atoms with van der Waals surface area (Å²) in [6.07, 6.45) is 3.11. The van der Waals surface area contributed by atoms with Crippen LogP contribution >= 0.6 is 0 Å². The Kier molecular flexibility index (Phi) is 3.40. The highest BCUT2D eigenvalue weighted by molar-refractivity contribution is 5.75. The predicted molar refractivity (Wildman–Crippen MR) is 44.3 cm³/mol. The van der Waals surface area contributed by atoms with Gasteiger partial charge in [0.25, 0.3) is 0 Å². The van der Waals surface area contributed by atoms with E-state index in [1.165, 1.54) is 6.26 Å². The van der Waals surface area contributed by atoms with E-state index in [9.17, 15) is 4.79 Å². The molecule has 0 radical (unpaired) electrons. The lowest BCUT2D eigenvalue weighted by Crippen LogP contribution is -2.41. The zero-order valence-corrected chi connectivity index (χ0v) is 6.82. The molecule has 0 aromatic rings. The van der Waals surface area contributed by atoms with Gasteiger partial charge in [0, 0.05) is 19.3 Å². The fourth-order valence-electron chi connectivity index (χ4n) is 0.860. The van der Waals surface area contributed by atoms with E-state index < -0.39 is 0 Å². The first kappa shape index (κ1) is 8.86. The van der Waals surface area contributed by atoms with E-state index in [2.05, 4.69) is 5.32 Å². The van der Waals surface area contributed by atoms with E-state index >= 15 is 0 Å². The first-order chi connectivity index (χ1) is 5.84. The van der Waals surface area contributed by atoms with Crippen molar-refractivity contribution in [3.05, 3.63) is 12.5 Å². The summed E-state index contributed by atoms with van der Waals surface area (Å²) in [7, 11) is 0. The molecule has 0 aliphatic carbocycles. The summed E-state index contributed by atoms with van der Waals surface area (Å²) in [4.78, 5) is 12.8. The summed E-state index contributed by atoms with van der Waals surface area (Å²) in [5, 5.41) is 2.66. The molecule has 68 valence electrons. The predicted octanol–water partition coefficient (Wildman–Crippen LogP) is -0.542. The van der Waals surface area contributed by atoms with Crippen LogP contribution in [0.15, 0.2) is 12.5 Å². The maximum Gasteiger partial charge on any atom is 0.321 e. The lowest BCUT2D eigenvalue weighted by Gasteiger charge is -2.21. The molecular weight excluding hydrogens is 158 g/mol. The molecule has 3 N–H and O–H groups in total. The van der Waals surface area contributed by atoms with Crippen molar-refractivity contribution >= 4 is 6.03 Å². The number of carbonyl (C=O) groups excluding carboxylic acids is 1. The number of nitrogens with two attached hydrogens (primary N) is 1. The van der Waals surface area contributed by atoms with Gasteiger partial charge in [-0.25, -0.2) is 4.79 Å². The van der Waals surface area contributed by atoms with Gasteiger partial charge in [-0.1, -0.05) is 0 Å². The van der Waals surface area contributed by atoms with Crippen molar-refractivity contribution < 1.29 is 9.53 Å². The first-order valence-electron chi connectivity index (χ1n) is 3.87. The van der Waals surface area contributed by atoms with Gasteiger partial charge >= 0.3 is 6.03 Å². The minimum atomic E-state index is -0.125. The quantitative estimate of drug-likeness (QED) is 0.586. The number of nitrogens with one attached hydrogen (secondary N) is 1. The molecule has 0 bridgehead atoms. The molecule has 1 aliphatic heterocycles. The second-order valence-corrected chi connectivity index (χ2v) is 2.37. The van der Waals surface area contributed by atoms with E-state index in [0.717, 1.165) is 0 Å². The molecule has 0 unspecified atom stereocenters. The Bertz CT molecular complexity index is 181. The molecule has 12 heavy (non-hydrogen) atoms. The Morgan fingerprint density at radius 3 is 3.17 bits per heavy atom. The summed E-state index contributed by atoms with van der Waals surface area (Å²) >= 11 is 0. The zero-order chi connectivity index (χ0) is 8.81. The van der Waals surface area contributed by atoms with E-state index in [1.54, 1.807) is 11.1 Å². The van der Waals surface area contributed by atoms with Crippen LogP contribution in [0.3, 0.4) is 0 Å². The Morgan fingerprint density at radius 2 is 2.58 bits per heavy atom. The van der Waals surface area contributed by atoms with Crippen molar-refractivity contribution in [2.75, 3.05) is 26.2 Å². The Hall–Kier alpha value is -1.23. The van der Waals surface area contributed by atoms with E-state index in [4.69, 9.17) is 10.5 Å². The van der Waals surface area contributed by atoms with Gasteiger partial charge in [-0.3, -0.25) is 4.90 Å². The van der Waals surface area contributed by atoms with Crippen molar-refractivity contribution in [1.29, 1.82) is 0 Å². The molecule has 1 aliphatic rings. The van der Waals surface area contributed by atoms with Crippen LogP contribution in [0, 0.1) is 0 Å². The minimum absolute atomic E-state index is 0.125. The number of ether oxygens (including phenoxy) is 1. The summed E-state index contributed by atoms with van der Waals surface area (Å²) in [6, 6.07) is -0.125. The van der Waals surface area contributed by atoms with Gasteiger partial charge in [-0.05, 0) is 0 Å². The van der Waals surface area contributed by atoms with Crippen molar-refractivity contribution in [2.24, 2.45) is 5.73 Å². The zero-order valence-electron chi connectivity index (χ0n) is 6.82. The number of carbonyl (C=O) groups is 1.